The summed E-state index contributed by atoms with van der Waals surface area (Å²) in [7, 11) is -3.99. The summed E-state index contributed by atoms with van der Waals surface area (Å²) in [5.41, 5.74) is -1.33. The van der Waals surface area contributed by atoms with E-state index in [1.54, 1.807) is 0 Å². The zero-order chi connectivity index (χ0) is 16.5. The van der Waals surface area contributed by atoms with Gasteiger partial charge in [0.05, 0.1) is 15.5 Å². The van der Waals surface area contributed by atoms with Crippen molar-refractivity contribution in [2.75, 3.05) is 4.72 Å². The molecule has 2 aromatic rings. The molecule has 0 bridgehead atoms. The van der Waals surface area contributed by atoms with Crippen LogP contribution in [0.5, 0.6) is 0 Å². The fourth-order valence-electron chi connectivity index (χ4n) is 1.63. The molecular formula is C13H8BrClF3NO2S. The molecule has 2 aromatic carbocycles. The monoisotopic (exact) mass is 413 g/mol. The van der Waals surface area contributed by atoms with E-state index in [0.717, 1.165) is 12.1 Å². The van der Waals surface area contributed by atoms with Gasteiger partial charge in [0.1, 0.15) is 0 Å². The second-order valence-electron chi connectivity index (χ2n) is 4.25. The Hall–Kier alpha value is -1.25. The van der Waals surface area contributed by atoms with E-state index < -0.39 is 26.8 Å². The number of hydrogen-bond acceptors (Lipinski definition) is 2. The van der Waals surface area contributed by atoms with Crippen molar-refractivity contribution < 1.29 is 21.6 Å². The Morgan fingerprint density at radius 2 is 1.64 bits per heavy atom. The molecule has 0 radical (unpaired) electrons. The van der Waals surface area contributed by atoms with Crippen molar-refractivity contribution in [1.82, 2.24) is 0 Å². The molecule has 0 aliphatic carbocycles. The number of anilines is 1. The maximum Gasteiger partial charge on any atom is 0.417 e. The number of alkyl halides is 3. The summed E-state index contributed by atoms with van der Waals surface area (Å²) in [5, 5.41) is -0.501. The van der Waals surface area contributed by atoms with Gasteiger partial charge in [-0.05, 0) is 42.5 Å². The third-order valence-electron chi connectivity index (χ3n) is 2.65. The van der Waals surface area contributed by atoms with E-state index in [4.69, 9.17) is 11.6 Å². The normalized spacial score (nSPS) is 12.2. The molecule has 0 saturated heterocycles. The lowest BCUT2D eigenvalue weighted by Crippen LogP contribution is -2.14. The van der Waals surface area contributed by atoms with Crippen molar-refractivity contribution >= 4 is 43.2 Å². The molecule has 2 rings (SSSR count). The Labute approximate surface area is 138 Å². The Balaban J connectivity index is 2.36. The predicted octanol–water partition coefficient (Wildman–Crippen LogP) is 4.92. The molecule has 0 saturated carbocycles. The number of halogens is 5. The minimum absolute atomic E-state index is 0.0702. The molecule has 0 unspecified atom stereocenters. The van der Waals surface area contributed by atoms with Crippen molar-refractivity contribution in [1.29, 1.82) is 0 Å². The first-order valence-corrected chi connectivity index (χ1v) is 8.40. The summed E-state index contributed by atoms with van der Waals surface area (Å²) in [6.07, 6.45) is -4.67. The Morgan fingerprint density at radius 3 is 2.18 bits per heavy atom. The van der Waals surface area contributed by atoms with Crippen LogP contribution >= 0.6 is 27.5 Å². The summed E-state index contributed by atoms with van der Waals surface area (Å²) < 4.78 is 65.3. The lowest BCUT2D eigenvalue weighted by molar-refractivity contribution is -0.137. The first-order chi connectivity index (χ1) is 10.1. The molecule has 0 aromatic heterocycles. The first-order valence-electron chi connectivity index (χ1n) is 5.75. The smallest absolute Gasteiger partial charge is 0.280 e. The van der Waals surface area contributed by atoms with Crippen LogP contribution in [0.25, 0.3) is 0 Å². The van der Waals surface area contributed by atoms with Gasteiger partial charge in [0.2, 0.25) is 0 Å². The van der Waals surface area contributed by atoms with Crippen molar-refractivity contribution in [3.8, 4) is 0 Å². The van der Waals surface area contributed by atoms with Crippen LogP contribution in [0.3, 0.4) is 0 Å². The van der Waals surface area contributed by atoms with Crippen molar-refractivity contribution in [3.63, 3.8) is 0 Å². The van der Waals surface area contributed by atoms with E-state index in [2.05, 4.69) is 20.7 Å². The number of sulfonamides is 1. The van der Waals surface area contributed by atoms with Gasteiger partial charge in [0, 0.05) is 10.2 Å². The van der Waals surface area contributed by atoms with Crippen LogP contribution in [0.2, 0.25) is 5.02 Å². The molecule has 0 aliphatic heterocycles. The topological polar surface area (TPSA) is 46.2 Å². The maximum absolute atomic E-state index is 12.8. The fourth-order valence-corrected chi connectivity index (χ4v) is 3.17. The van der Waals surface area contributed by atoms with Gasteiger partial charge in [-0.15, -0.1) is 0 Å². The molecular weight excluding hydrogens is 407 g/mol. The van der Waals surface area contributed by atoms with Gasteiger partial charge in [0.15, 0.2) is 0 Å². The minimum Gasteiger partial charge on any atom is -0.280 e. The van der Waals surface area contributed by atoms with Crippen molar-refractivity contribution in [2.24, 2.45) is 0 Å². The van der Waals surface area contributed by atoms with Crippen molar-refractivity contribution in [2.45, 2.75) is 11.1 Å². The molecule has 118 valence electrons. The van der Waals surface area contributed by atoms with Gasteiger partial charge < -0.3 is 0 Å². The standard InChI is InChI=1S/C13H8BrClF3NO2S/c14-8-1-4-10(5-2-8)22(20,21)19-9-3-6-12(15)11(7-9)13(16,17)18/h1-7,19H. The van der Waals surface area contributed by atoms with Crippen molar-refractivity contribution in [3.05, 3.63) is 57.5 Å². The number of rotatable bonds is 3. The molecule has 0 aliphatic rings. The van der Waals surface area contributed by atoms with E-state index in [1.165, 1.54) is 24.3 Å². The van der Waals surface area contributed by atoms with E-state index in [1.807, 2.05) is 0 Å². The molecule has 9 heteroatoms. The number of nitrogens with one attached hydrogen (secondary N) is 1. The first kappa shape index (κ1) is 17.1. The minimum atomic E-state index is -4.67. The SMILES string of the molecule is O=S(=O)(Nc1ccc(Cl)c(C(F)(F)F)c1)c1ccc(Br)cc1. The maximum atomic E-state index is 12.8. The highest BCUT2D eigenvalue weighted by Gasteiger charge is 2.33. The van der Waals surface area contributed by atoms with E-state index in [-0.39, 0.29) is 10.6 Å². The average molecular weight is 415 g/mol. The molecule has 1 N–H and O–H groups in total. The lowest BCUT2D eigenvalue weighted by atomic mass is 10.2. The second-order valence-corrected chi connectivity index (χ2v) is 7.26. The van der Waals surface area contributed by atoms with Gasteiger partial charge in [-0.1, -0.05) is 27.5 Å². The summed E-state index contributed by atoms with van der Waals surface area (Å²) in [6.45, 7) is 0. The highest BCUT2D eigenvalue weighted by atomic mass is 79.9. The Kier molecular flexibility index (Phi) is 4.74. The van der Waals surface area contributed by atoms with Gasteiger partial charge in [-0.2, -0.15) is 13.2 Å². The summed E-state index contributed by atoms with van der Waals surface area (Å²) in [6, 6.07) is 8.48. The van der Waals surface area contributed by atoms with Gasteiger partial charge in [0.25, 0.3) is 10.0 Å². The van der Waals surface area contributed by atoms with Crippen LogP contribution < -0.4 is 4.72 Å². The van der Waals surface area contributed by atoms with E-state index >= 15 is 0 Å². The number of benzene rings is 2. The molecule has 0 spiro atoms. The Bertz CT molecular complexity index is 792. The van der Waals surface area contributed by atoms with Gasteiger partial charge in [-0.25, -0.2) is 8.42 Å². The van der Waals surface area contributed by atoms with Crippen LogP contribution in [0.15, 0.2) is 51.8 Å². The largest absolute Gasteiger partial charge is 0.417 e. The molecule has 0 amide bonds. The molecule has 0 atom stereocenters. The molecule has 0 fully saturated rings. The molecule has 3 nitrogen and oxygen atoms in total. The van der Waals surface area contributed by atoms with Crippen LogP contribution in [0, 0.1) is 0 Å². The predicted molar refractivity (Wildman–Crippen MR) is 81.4 cm³/mol. The molecule has 0 heterocycles. The summed E-state index contributed by atoms with van der Waals surface area (Å²) in [4.78, 5) is -0.0702. The number of hydrogen-bond donors (Lipinski definition) is 1. The van der Waals surface area contributed by atoms with Gasteiger partial charge >= 0.3 is 6.18 Å². The Morgan fingerprint density at radius 1 is 1.05 bits per heavy atom. The fraction of sp³-hybridized carbons (Fsp3) is 0.0769. The highest BCUT2D eigenvalue weighted by Crippen LogP contribution is 2.36. The third-order valence-corrected chi connectivity index (χ3v) is 4.90. The summed E-state index contributed by atoms with van der Waals surface area (Å²) in [5.74, 6) is 0. The van der Waals surface area contributed by atoms with Crippen LogP contribution in [-0.2, 0) is 16.2 Å². The molecule has 22 heavy (non-hydrogen) atoms. The van der Waals surface area contributed by atoms with Gasteiger partial charge in [-0.3, -0.25) is 4.72 Å². The highest BCUT2D eigenvalue weighted by molar-refractivity contribution is 9.10. The van der Waals surface area contributed by atoms with Crippen LogP contribution in [0.4, 0.5) is 18.9 Å². The second kappa shape index (κ2) is 6.10. The van der Waals surface area contributed by atoms with E-state index in [0.29, 0.717) is 10.5 Å². The van der Waals surface area contributed by atoms with E-state index in [9.17, 15) is 21.6 Å². The zero-order valence-corrected chi connectivity index (χ0v) is 13.8. The van der Waals surface area contributed by atoms with Crippen LogP contribution in [-0.4, -0.2) is 8.42 Å². The zero-order valence-electron chi connectivity index (χ0n) is 10.7. The average Bonchev–Trinajstić information content (AvgIpc) is 2.40. The lowest BCUT2D eigenvalue weighted by Gasteiger charge is -2.12. The quantitative estimate of drug-likeness (QED) is 0.775. The summed E-state index contributed by atoms with van der Waals surface area (Å²) >= 11 is 8.65. The third kappa shape index (κ3) is 3.93. The van der Waals surface area contributed by atoms with Crippen LogP contribution in [0.1, 0.15) is 5.56 Å².